The van der Waals surface area contributed by atoms with Crippen molar-refractivity contribution in [3.8, 4) is 0 Å². The van der Waals surface area contributed by atoms with Crippen LogP contribution in [0.25, 0.3) is 0 Å². The van der Waals surface area contributed by atoms with Crippen molar-refractivity contribution in [1.29, 1.82) is 0 Å². The molecule has 6 nitrogen and oxygen atoms in total. The molecule has 0 rings (SSSR count). The van der Waals surface area contributed by atoms with Crippen LogP contribution in [0.3, 0.4) is 0 Å². The van der Waals surface area contributed by atoms with E-state index in [1.165, 1.54) is 70.6 Å². The fourth-order valence-electron chi connectivity index (χ4n) is 2.92. The summed E-state index contributed by atoms with van der Waals surface area (Å²) in [6.07, 6.45) is 18.6. The molecule has 0 aliphatic heterocycles. The predicted molar refractivity (Wildman–Crippen MR) is 107 cm³/mol. The fraction of sp³-hybridized carbons (Fsp3) is 0.950. The number of carbonyl (C=O) groups excluding carboxylic acids is 1. The van der Waals surface area contributed by atoms with Crippen molar-refractivity contribution in [2.45, 2.75) is 117 Å². The molecule has 27 heavy (non-hydrogen) atoms. The summed E-state index contributed by atoms with van der Waals surface area (Å²) in [6, 6.07) is 0. The zero-order valence-electron chi connectivity index (χ0n) is 17.4. The Morgan fingerprint density at radius 1 is 0.667 bits per heavy atom. The number of rotatable bonds is 20. The van der Waals surface area contributed by atoms with Gasteiger partial charge in [0.05, 0.1) is 6.61 Å². The summed E-state index contributed by atoms with van der Waals surface area (Å²) in [4.78, 5) is 15.7. The van der Waals surface area contributed by atoms with Crippen molar-refractivity contribution in [3.63, 3.8) is 0 Å². The van der Waals surface area contributed by atoms with E-state index in [-0.39, 0.29) is 13.0 Å². The lowest BCUT2D eigenvalue weighted by Gasteiger charge is -2.05. The van der Waals surface area contributed by atoms with Gasteiger partial charge in [-0.25, -0.2) is 4.89 Å². The summed E-state index contributed by atoms with van der Waals surface area (Å²) in [5.41, 5.74) is 0. The van der Waals surface area contributed by atoms with Crippen molar-refractivity contribution < 1.29 is 26.6 Å². The summed E-state index contributed by atoms with van der Waals surface area (Å²) in [6.45, 7) is 3.87. The van der Waals surface area contributed by atoms with E-state index < -0.39 is 16.4 Å². The standard InChI is InChI=1S/C20H40O6S/c1-3-5-6-7-8-9-10-11-12-13-14-15-16-17-18-19-20(21)25-27(22,23)26-24-4-2/h3-19H2,1-2H3. The summed E-state index contributed by atoms with van der Waals surface area (Å²) >= 11 is 0. The molecule has 0 amide bonds. The highest BCUT2D eigenvalue weighted by Crippen LogP contribution is 2.14. The SMILES string of the molecule is CCCCCCCCCCCCCCCCCC(=O)OS(=O)(=O)OOCC. The van der Waals surface area contributed by atoms with Crippen LogP contribution in [0.2, 0.25) is 0 Å². The quantitative estimate of drug-likeness (QED) is 0.140. The number of carbonyl (C=O) groups is 1. The number of unbranched alkanes of at least 4 members (excludes halogenated alkanes) is 14. The lowest BCUT2D eigenvalue weighted by Crippen LogP contribution is -2.15. The van der Waals surface area contributed by atoms with Crippen LogP contribution in [0.15, 0.2) is 0 Å². The van der Waals surface area contributed by atoms with Gasteiger partial charge in [0.1, 0.15) is 0 Å². The van der Waals surface area contributed by atoms with E-state index in [9.17, 15) is 13.2 Å². The van der Waals surface area contributed by atoms with Gasteiger partial charge >= 0.3 is 16.4 Å². The predicted octanol–water partition coefficient (Wildman–Crippen LogP) is 6.00. The van der Waals surface area contributed by atoms with Crippen LogP contribution in [0.5, 0.6) is 0 Å². The third kappa shape index (κ3) is 19.9. The second kappa shape index (κ2) is 18.7. The molecule has 0 aromatic carbocycles. The largest absolute Gasteiger partial charge is 0.479 e. The molecule has 0 saturated carbocycles. The van der Waals surface area contributed by atoms with E-state index in [2.05, 4.69) is 20.3 Å². The van der Waals surface area contributed by atoms with Gasteiger partial charge in [0, 0.05) is 6.42 Å². The van der Waals surface area contributed by atoms with Crippen LogP contribution in [-0.2, 0) is 28.6 Å². The van der Waals surface area contributed by atoms with E-state index in [4.69, 9.17) is 0 Å². The number of hydrogen-bond acceptors (Lipinski definition) is 6. The van der Waals surface area contributed by atoms with Crippen molar-refractivity contribution in [2.24, 2.45) is 0 Å². The van der Waals surface area contributed by atoms with Crippen LogP contribution in [0, 0.1) is 0 Å². The van der Waals surface area contributed by atoms with Crippen molar-refractivity contribution in [1.82, 2.24) is 0 Å². The molecule has 0 fully saturated rings. The topological polar surface area (TPSA) is 78.9 Å². The molecular formula is C20H40O6S. The molecule has 0 atom stereocenters. The maximum absolute atomic E-state index is 11.4. The zero-order valence-corrected chi connectivity index (χ0v) is 18.2. The molecular weight excluding hydrogens is 368 g/mol. The minimum absolute atomic E-state index is 0.0514. The van der Waals surface area contributed by atoms with Crippen LogP contribution in [0.4, 0.5) is 0 Å². The molecule has 0 aliphatic rings. The lowest BCUT2D eigenvalue weighted by molar-refractivity contribution is -0.205. The second-order valence-corrected chi connectivity index (χ2v) is 8.16. The van der Waals surface area contributed by atoms with Gasteiger partial charge in [0.25, 0.3) is 0 Å². The minimum atomic E-state index is -4.39. The smallest absolute Gasteiger partial charge is 0.323 e. The first-order valence-corrected chi connectivity index (χ1v) is 12.1. The molecule has 0 N–H and O–H groups in total. The Morgan fingerprint density at radius 3 is 1.48 bits per heavy atom. The third-order valence-electron chi connectivity index (χ3n) is 4.43. The molecule has 0 spiro atoms. The first kappa shape index (κ1) is 26.3. The Labute approximate surface area is 166 Å². The fourth-order valence-corrected chi connectivity index (χ4v) is 3.47. The van der Waals surface area contributed by atoms with Gasteiger partial charge in [-0.1, -0.05) is 101 Å². The summed E-state index contributed by atoms with van der Waals surface area (Å²) in [5.74, 6) is -0.801. The van der Waals surface area contributed by atoms with E-state index in [0.29, 0.717) is 6.42 Å². The van der Waals surface area contributed by atoms with Crippen LogP contribution in [0.1, 0.15) is 117 Å². The van der Waals surface area contributed by atoms with Gasteiger partial charge in [-0.2, -0.15) is 8.42 Å². The Bertz CT molecular complexity index is 436. The van der Waals surface area contributed by atoms with Gasteiger partial charge in [-0.15, -0.1) is 0 Å². The Kier molecular flexibility index (Phi) is 18.2. The molecule has 0 radical (unpaired) electrons. The first-order chi connectivity index (χ1) is 13.0. The summed E-state index contributed by atoms with van der Waals surface area (Å²) < 4.78 is 30.6. The van der Waals surface area contributed by atoms with Gasteiger partial charge in [-0.05, 0) is 13.3 Å². The monoisotopic (exact) mass is 408 g/mol. The molecule has 162 valence electrons. The highest BCUT2D eigenvalue weighted by Gasteiger charge is 2.18. The average Bonchev–Trinajstić information content (AvgIpc) is 2.63. The van der Waals surface area contributed by atoms with Crippen molar-refractivity contribution in [2.75, 3.05) is 6.61 Å². The first-order valence-electron chi connectivity index (χ1n) is 10.8. The highest BCUT2D eigenvalue weighted by atomic mass is 32.3. The molecule has 0 heterocycles. The molecule has 0 saturated heterocycles. The molecule has 0 aromatic heterocycles. The Hall–Kier alpha value is -0.660. The Balaban J connectivity index is 3.32. The second-order valence-electron chi connectivity index (χ2n) is 7.04. The van der Waals surface area contributed by atoms with Gasteiger partial charge in [0.2, 0.25) is 0 Å². The third-order valence-corrected chi connectivity index (χ3v) is 5.08. The molecule has 0 aliphatic carbocycles. The molecule has 0 aromatic rings. The summed E-state index contributed by atoms with van der Waals surface area (Å²) in [7, 11) is -4.39. The summed E-state index contributed by atoms with van der Waals surface area (Å²) in [5, 5.41) is 0. The van der Waals surface area contributed by atoms with E-state index in [0.717, 1.165) is 19.3 Å². The zero-order chi connectivity index (χ0) is 20.2. The molecule has 7 heteroatoms. The van der Waals surface area contributed by atoms with E-state index >= 15 is 0 Å². The number of hydrogen-bond donors (Lipinski definition) is 0. The molecule has 0 unspecified atom stereocenters. The van der Waals surface area contributed by atoms with Gasteiger partial charge in [0.15, 0.2) is 0 Å². The average molecular weight is 409 g/mol. The minimum Gasteiger partial charge on any atom is -0.323 e. The van der Waals surface area contributed by atoms with Crippen LogP contribution < -0.4 is 0 Å². The maximum atomic E-state index is 11.4. The molecule has 0 bridgehead atoms. The van der Waals surface area contributed by atoms with E-state index in [1.54, 1.807) is 6.92 Å². The Morgan fingerprint density at radius 2 is 1.07 bits per heavy atom. The van der Waals surface area contributed by atoms with Gasteiger partial charge in [-0.3, -0.25) is 4.79 Å². The van der Waals surface area contributed by atoms with Crippen LogP contribution >= 0.6 is 0 Å². The van der Waals surface area contributed by atoms with Crippen LogP contribution in [-0.4, -0.2) is 21.0 Å². The normalized spacial score (nSPS) is 11.6. The van der Waals surface area contributed by atoms with Crippen molar-refractivity contribution >= 4 is 16.4 Å². The lowest BCUT2D eigenvalue weighted by atomic mass is 10.0. The van der Waals surface area contributed by atoms with Gasteiger partial charge < -0.3 is 4.18 Å². The van der Waals surface area contributed by atoms with E-state index in [1.807, 2.05) is 0 Å². The maximum Gasteiger partial charge on any atom is 0.479 e. The van der Waals surface area contributed by atoms with Crippen molar-refractivity contribution in [3.05, 3.63) is 0 Å². The highest BCUT2D eigenvalue weighted by molar-refractivity contribution is 7.82.